The molecule has 1 aromatic carbocycles. The molecule has 5 radical (unpaired) electrons. The first kappa shape index (κ1) is 13.7. The molecule has 1 aliphatic carbocycles. The van der Waals surface area contributed by atoms with Crippen molar-refractivity contribution >= 4 is 6.08 Å². The van der Waals surface area contributed by atoms with Crippen LogP contribution in [0.25, 0.3) is 6.08 Å². The highest BCUT2D eigenvalue weighted by Crippen LogP contribution is 2.25. The zero-order valence-electron chi connectivity index (χ0n) is 9.61. The highest BCUT2D eigenvalue weighted by atomic mass is 19.2. The van der Waals surface area contributed by atoms with Crippen LogP contribution in [-0.4, -0.2) is 0 Å². The molecule has 0 spiro atoms. The predicted molar refractivity (Wildman–Crippen MR) is 63.7 cm³/mol. The summed E-state index contributed by atoms with van der Waals surface area (Å²) in [6.45, 7) is 3.10. The fourth-order valence-electron chi connectivity index (χ4n) is 1.53. The molecule has 0 aromatic heterocycles. The Morgan fingerprint density at radius 2 is 1.37 bits per heavy atom. The normalized spacial score (nSPS) is 15.2. The first-order chi connectivity index (χ1) is 9.06. The van der Waals surface area contributed by atoms with Crippen molar-refractivity contribution in [3.63, 3.8) is 0 Å². The zero-order valence-corrected chi connectivity index (χ0v) is 9.61. The molecule has 0 amide bonds. The quantitative estimate of drug-likeness (QED) is 0.412. The average molecular weight is 263 g/mol. The summed E-state index contributed by atoms with van der Waals surface area (Å²) in [5.74, 6) is -1.02. The maximum Gasteiger partial charge on any atom is 0.178 e. The largest absolute Gasteiger partial charge is 0.203 e. The molecule has 4 heteroatoms. The van der Waals surface area contributed by atoms with Gasteiger partial charge in [-0.1, -0.05) is 24.5 Å². The van der Waals surface area contributed by atoms with Crippen LogP contribution in [0.4, 0.5) is 17.6 Å². The van der Waals surface area contributed by atoms with E-state index >= 15 is 0 Å². The number of halogens is 4. The van der Waals surface area contributed by atoms with Gasteiger partial charge in [0, 0.05) is 0 Å². The van der Waals surface area contributed by atoms with Crippen LogP contribution in [0.5, 0.6) is 0 Å². The van der Waals surface area contributed by atoms with E-state index < -0.39 is 34.4 Å². The molecule has 0 atom stereocenters. The molecule has 0 aliphatic heterocycles. The second kappa shape index (κ2) is 5.48. The van der Waals surface area contributed by atoms with Gasteiger partial charge in [0.05, 0.1) is 11.5 Å². The molecule has 2 rings (SSSR count). The van der Waals surface area contributed by atoms with Crippen LogP contribution in [0.3, 0.4) is 0 Å². The Morgan fingerprint density at radius 3 is 1.84 bits per heavy atom. The fraction of sp³-hybridized carbons (Fsp3) is 0. The third-order valence-electron chi connectivity index (χ3n) is 2.50. The van der Waals surface area contributed by atoms with Crippen LogP contribution >= 0.6 is 0 Å². The van der Waals surface area contributed by atoms with Crippen molar-refractivity contribution in [1.29, 1.82) is 0 Å². The van der Waals surface area contributed by atoms with Gasteiger partial charge in [-0.05, 0) is 25.7 Å². The second-order valence-electron chi connectivity index (χ2n) is 3.67. The Bertz CT molecular complexity index is 543. The van der Waals surface area contributed by atoms with E-state index in [4.69, 9.17) is 0 Å². The highest BCUT2D eigenvalue weighted by molar-refractivity contribution is 5.55. The van der Waals surface area contributed by atoms with Crippen molar-refractivity contribution in [3.8, 4) is 11.8 Å². The minimum atomic E-state index is -1.52. The lowest BCUT2D eigenvalue weighted by Crippen LogP contribution is -2.04. The van der Waals surface area contributed by atoms with Crippen molar-refractivity contribution in [1.82, 2.24) is 0 Å². The van der Waals surface area contributed by atoms with E-state index in [1.807, 2.05) is 0 Å². The van der Waals surface area contributed by atoms with Gasteiger partial charge in [0.15, 0.2) is 23.3 Å². The summed E-state index contributed by atoms with van der Waals surface area (Å²) in [6.07, 6.45) is 7.28. The van der Waals surface area contributed by atoms with E-state index in [-0.39, 0.29) is 0 Å². The zero-order chi connectivity index (χ0) is 14.0. The summed E-state index contributed by atoms with van der Waals surface area (Å²) in [4.78, 5) is 0. The minimum absolute atomic E-state index is 0.493. The fourth-order valence-corrected chi connectivity index (χ4v) is 1.53. The summed E-state index contributed by atoms with van der Waals surface area (Å²) >= 11 is 0. The smallest absolute Gasteiger partial charge is 0.178 e. The Kier molecular flexibility index (Phi) is 3.94. The number of rotatable bonds is 1. The van der Waals surface area contributed by atoms with E-state index in [0.717, 1.165) is 0 Å². The van der Waals surface area contributed by atoms with Gasteiger partial charge in [-0.3, -0.25) is 0 Å². The molecule has 1 fully saturated rings. The first-order valence-corrected chi connectivity index (χ1v) is 5.28. The summed E-state index contributed by atoms with van der Waals surface area (Å²) in [7, 11) is 0. The molecular weight excluding hydrogens is 256 g/mol. The van der Waals surface area contributed by atoms with Gasteiger partial charge in [-0.15, -0.1) is 0 Å². The third-order valence-corrected chi connectivity index (χ3v) is 2.50. The first-order valence-electron chi connectivity index (χ1n) is 5.28. The third kappa shape index (κ3) is 2.51. The van der Waals surface area contributed by atoms with Crippen molar-refractivity contribution in [2.24, 2.45) is 0 Å². The Morgan fingerprint density at radius 1 is 0.842 bits per heavy atom. The van der Waals surface area contributed by atoms with E-state index in [0.29, 0.717) is 12.0 Å². The van der Waals surface area contributed by atoms with Crippen LogP contribution < -0.4 is 0 Å². The SMILES string of the molecule is C=Cc1c(F)c(F)c(C#C[C]2[CH][CH][CH][CH]2)c(F)c1F. The Labute approximate surface area is 109 Å². The van der Waals surface area contributed by atoms with Gasteiger partial charge >= 0.3 is 0 Å². The molecule has 0 unspecified atom stereocenters. The van der Waals surface area contributed by atoms with E-state index in [1.54, 1.807) is 25.7 Å². The van der Waals surface area contributed by atoms with Crippen LogP contribution in [0, 0.1) is 66.7 Å². The molecule has 1 aromatic rings. The van der Waals surface area contributed by atoms with Gasteiger partial charge < -0.3 is 0 Å². The van der Waals surface area contributed by atoms with Crippen LogP contribution in [0.2, 0.25) is 0 Å². The van der Waals surface area contributed by atoms with Crippen LogP contribution in [-0.2, 0) is 0 Å². The van der Waals surface area contributed by atoms with E-state index in [1.165, 1.54) is 0 Å². The van der Waals surface area contributed by atoms with Gasteiger partial charge in [0.2, 0.25) is 0 Å². The molecule has 1 saturated carbocycles. The van der Waals surface area contributed by atoms with Gasteiger partial charge in [0.25, 0.3) is 0 Å². The summed E-state index contributed by atoms with van der Waals surface area (Å²) < 4.78 is 54.1. The molecule has 95 valence electrons. The monoisotopic (exact) mass is 263 g/mol. The summed E-state index contributed by atoms with van der Waals surface area (Å²) in [5, 5.41) is 0. The van der Waals surface area contributed by atoms with Gasteiger partial charge in [0.1, 0.15) is 5.56 Å². The molecule has 0 nitrogen and oxygen atoms in total. The summed E-state index contributed by atoms with van der Waals surface area (Å²) in [6, 6.07) is 0. The molecule has 0 saturated heterocycles. The molecule has 1 aliphatic rings. The molecule has 0 heterocycles. The minimum Gasteiger partial charge on any atom is -0.203 e. The Hall–Kier alpha value is -1.76. The van der Waals surface area contributed by atoms with Gasteiger partial charge in [-0.2, -0.15) is 0 Å². The molecule has 0 N–H and O–H groups in total. The van der Waals surface area contributed by atoms with E-state index in [9.17, 15) is 17.6 Å². The average Bonchev–Trinajstić information content (AvgIpc) is 2.90. The number of hydrogen-bond acceptors (Lipinski definition) is 0. The van der Waals surface area contributed by atoms with Crippen molar-refractivity contribution < 1.29 is 17.6 Å². The lowest BCUT2D eigenvalue weighted by atomic mass is 10.1. The number of benzene rings is 1. The topological polar surface area (TPSA) is 0 Å². The maximum atomic E-state index is 13.6. The maximum absolute atomic E-state index is 13.6. The van der Waals surface area contributed by atoms with Crippen LogP contribution in [0.1, 0.15) is 11.1 Å². The Balaban J connectivity index is 2.48. The molecule has 19 heavy (non-hydrogen) atoms. The molecular formula is C15H7F4. The standard InChI is InChI=1S/C15H7F4/c1-2-10-12(16)14(18)11(15(19)13(10)17)8-7-9-5-3-4-6-9/h2-6H,1H2. The van der Waals surface area contributed by atoms with Crippen molar-refractivity contribution in [2.45, 2.75) is 0 Å². The summed E-state index contributed by atoms with van der Waals surface area (Å²) in [5.41, 5.74) is -1.77. The lowest BCUT2D eigenvalue weighted by molar-refractivity contribution is 0.448. The van der Waals surface area contributed by atoms with Crippen molar-refractivity contribution in [2.75, 3.05) is 0 Å². The van der Waals surface area contributed by atoms with Crippen molar-refractivity contribution in [3.05, 3.63) is 72.6 Å². The van der Waals surface area contributed by atoms with Crippen LogP contribution in [0.15, 0.2) is 6.58 Å². The predicted octanol–water partition coefficient (Wildman–Crippen LogP) is 3.64. The van der Waals surface area contributed by atoms with E-state index in [2.05, 4.69) is 18.4 Å². The lowest BCUT2D eigenvalue weighted by Gasteiger charge is -2.05. The second-order valence-corrected chi connectivity index (χ2v) is 3.67. The number of hydrogen-bond donors (Lipinski definition) is 0. The highest BCUT2D eigenvalue weighted by Gasteiger charge is 2.23. The molecule has 0 bridgehead atoms. The van der Waals surface area contributed by atoms with Gasteiger partial charge in [-0.25, -0.2) is 17.6 Å².